The lowest BCUT2D eigenvalue weighted by Crippen LogP contribution is -2.08. The van der Waals surface area contributed by atoms with Crippen LogP contribution in [0.2, 0.25) is 0 Å². The first kappa shape index (κ1) is 11.6. The van der Waals surface area contributed by atoms with Crippen molar-refractivity contribution >= 4 is 12.0 Å². The third-order valence-corrected chi connectivity index (χ3v) is 3.42. The van der Waals surface area contributed by atoms with E-state index in [0.717, 1.165) is 29.5 Å². The Morgan fingerprint density at radius 2 is 2.06 bits per heavy atom. The Balaban J connectivity index is 2.58. The molecule has 0 amide bonds. The minimum atomic E-state index is -0.946. The number of hydrogen-bond acceptors (Lipinski definition) is 3. The van der Waals surface area contributed by atoms with E-state index in [1.807, 2.05) is 13.0 Å². The van der Waals surface area contributed by atoms with Crippen LogP contribution in [0.1, 0.15) is 39.9 Å². The molecule has 1 fully saturated rings. The van der Waals surface area contributed by atoms with Gasteiger partial charge in [0.1, 0.15) is 0 Å². The van der Waals surface area contributed by atoms with Crippen LogP contribution >= 0.6 is 0 Å². The molecule has 0 saturated heterocycles. The van der Waals surface area contributed by atoms with Gasteiger partial charge in [-0.1, -0.05) is 6.07 Å². The Labute approximate surface area is 99.0 Å². The molecule has 1 aromatic carbocycles. The predicted octanol–water partition coefficient (Wildman–Crippen LogP) is 2.33. The second-order valence-corrected chi connectivity index (χ2v) is 4.51. The van der Waals surface area contributed by atoms with E-state index < -0.39 is 11.5 Å². The zero-order valence-electron chi connectivity index (χ0n) is 9.78. The van der Waals surface area contributed by atoms with Crippen LogP contribution in [0.15, 0.2) is 17.1 Å². The summed E-state index contributed by atoms with van der Waals surface area (Å²) in [6.45, 7) is 3.65. The van der Waals surface area contributed by atoms with E-state index in [9.17, 15) is 9.59 Å². The molecule has 0 aromatic heterocycles. The second-order valence-electron chi connectivity index (χ2n) is 4.51. The van der Waals surface area contributed by atoms with Crippen molar-refractivity contribution in [2.24, 2.45) is 4.99 Å². The SMILES string of the molecule is Cc1cc(C2(N=C=O)CC2)cc(C(=O)O)c1C. The van der Waals surface area contributed by atoms with E-state index in [-0.39, 0.29) is 5.56 Å². The molecule has 0 spiro atoms. The Kier molecular flexibility index (Phi) is 2.60. The van der Waals surface area contributed by atoms with Crippen LogP contribution in [-0.2, 0) is 10.3 Å². The molecule has 0 heterocycles. The number of isocyanates is 1. The van der Waals surface area contributed by atoms with Crippen LogP contribution in [0.3, 0.4) is 0 Å². The molecule has 88 valence electrons. The van der Waals surface area contributed by atoms with Crippen molar-refractivity contribution in [2.45, 2.75) is 32.2 Å². The molecular formula is C13H13NO3. The maximum absolute atomic E-state index is 11.1. The molecule has 0 bridgehead atoms. The zero-order valence-corrected chi connectivity index (χ0v) is 9.78. The average Bonchev–Trinajstić information content (AvgIpc) is 3.03. The summed E-state index contributed by atoms with van der Waals surface area (Å²) in [6, 6.07) is 3.54. The Morgan fingerprint density at radius 1 is 1.41 bits per heavy atom. The normalized spacial score (nSPS) is 16.1. The highest BCUT2D eigenvalue weighted by molar-refractivity contribution is 5.90. The number of hydrogen-bond donors (Lipinski definition) is 1. The van der Waals surface area contributed by atoms with Crippen LogP contribution in [0.4, 0.5) is 0 Å². The maximum atomic E-state index is 11.1. The topological polar surface area (TPSA) is 66.7 Å². The Hall–Kier alpha value is -1.93. The van der Waals surface area contributed by atoms with Gasteiger partial charge in [0, 0.05) is 0 Å². The van der Waals surface area contributed by atoms with Crippen molar-refractivity contribution in [2.75, 3.05) is 0 Å². The van der Waals surface area contributed by atoms with E-state index in [4.69, 9.17) is 5.11 Å². The third kappa shape index (κ3) is 1.87. The van der Waals surface area contributed by atoms with Gasteiger partial charge in [-0.3, -0.25) is 0 Å². The fourth-order valence-corrected chi connectivity index (χ4v) is 2.02. The molecule has 1 aliphatic rings. The number of nitrogens with zero attached hydrogens (tertiary/aromatic N) is 1. The summed E-state index contributed by atoms with van der Waals surface area (Å²) in [5.41, 5.74) is 2.25. The molecular weight excluding hydrogens is 218 g/mol. The first-order valence-corrected chi connectivity index (χ1v) is 5.44. The molecule has 17 heavy (non-hydrogen) atoms. The minimum Gasteiger partial charge on any atom is -0.478 e. The molecule has 0 unspecified atom stereocenters. The van der Waals surface area contributed by atoms with Crippen LogP contribution in [0, 0.1) is 13.8 Å². The quantitative estimate of drug-likeness (QED) is 0.641. The van der Waals surface area contributed by atoms with E-state index >= 15 is 0 Å². The number of carbonyl (C=O) groups excluding carboxylic acids is 1. The van der Waals surface area contributed by atoms with Crippen molar-refractivity contribution in [1.29, 1.82) is 0 Å². The van der Waals surface area contributed by atoms with Gasteiger partial charge in [0.25, 0.3) is 0 Å². The van der Waals surface area contributed by atoms with Crippen LogP contribution < -0.4 is 0 Å². The molecule has 4 nitrogen and oxygen atoms in total. The summed E-state index contributed by atoms with van der Waals surface area (Å²) in [5, 5.41) is 9.12. The highest BCUT2D eigenvalue weighted by atomic mass is 16.4. The van der Waals surface area contributed by atoms with Crippen molar-refractivity contribution in [3.63, 3.8) is 0 Å². The van der Waals surface area contributed by atoms with Gasteiger partial charge in [0.05, 0.1) is 11.1 Å². The van der Waals surface area contributed by atoms with E-state index in [0.29, 0.717) is 0 Å². The largest absolute Gasteiger partial charge is 0.478 e. The van der Waals surface area contributed by atoms with Gasteiger partial charge in [0.15, 0.2) is 0 Å². The van der Waals surface area contributed by atoms with Crippen molar-refractivity contribution < 1.29 is 14.7 Å². The van der Waals surface area contributed by atoms with Crippen molar-refractivity contribution in [1.82, 2.24) is 0 Å². The third-order valence-electron chi connectivity index (χ3n) is 3.42. The summed E-state index contributed by atoms with van der Waals surface area (Å²) < 4.78 is 0. The fourth-order valence-electron chi connectivity index (χ4n) is 2.02. The number of aromatic carboxylic acids is 1. The van der Waals surface area contributed by atoms with E-state index in [1.54, 1.807) is 19.1 Å². The number of rotatable bonds is 3. The Morgan fingerprint density at radius 3 is 2.53 bits per heavy atom. The van der Waals surface area contributed by atoms with Gasteiger partial charge < -0.3 is 5.11 Å². The molecule has 1 aromatic rings. The fraction of sp³-hybridized carbons (Fsp3) is 0.385. The monoisotopic (exact) mass is 231 g/mol. The number of benzene rings is 1. The summed E-state index contributed by atoms with van der Waals surface area (Å²) in [5.74, 6) is -0.946. The first-order valence-electron chi connectivity index (χ1n) is 5.44. The van der Waals surface area contributed by atoms with E-state index in [1.165, 1.54) is 0 Å². The average molecular weight is 231 g/mol. The van der Waals surface area contributed by atoms with E-state index in [2.05, 4.69) is 4.99 Å². The summed E-state index contributed by atoms with van der Waals surface area (Å²) in [4.78, 5) is 25.3. The standard InChI is InChI=1S/C13H13NO3/c1-8-5-10(13(3-4-13)14-7-15)6-11(9(8)2)12(16)17/h5-6H,3-4H2,1-2H3,(H,16,17). The van der Waals surface area contributed by atoms with Gasteiger partial charge >= 0.3 is 5.97 Å². The maximum Gasteiger partial charge on any atom is 0.335 e. The molecule has 1 saturated carbocycles. The smallest absolute Gasteiger partial charge is 0.335 e. The Bertz CT molecular complexity index is 538. The lowest BCUT2D eigenvalue weighted by atomic mass is 9.95. The molecule has 2 rings (SSSR count). The predicted molar refractivity (Wildman–Crippen MR) is 61.9 cm³/mol. The first-order chi connectivity index (χ1) is 8.00. The van der Waals surface area contributed by atoms with Crippen LogP contribution in [-0.4, -0.2) is 17.2 Å². The lowest BCUT2D eigenvalue weighted by Gasteiger charge is -2.13. The van der Waals surface area contributed by atoms with Crippen LogP contribution in [0.25, 0.3) is 0 Å². The lowest BCUT2D eigenvalue weighted by molar-refractivity contribution is 0.0696. The van der Waals surface area contributed by atoms with Gasteiger partial charge in [0.2, 0.25) is 6.08 Å². The zero-order chi connectivity index (χ0) is 12.6. The van der Waals surface area contributed by atoms with Gasteiger partial charge in [-0.2, -0.15) is 4.99 Å². The molecule has 0 atom stereocenters. The summed E-state index contributed by atoms with van der Waals surface area (Å²) in [6.07, 6.45) is 3.14. The van der Waals surface area contributed by atoms with Gasteiger partial charge in [-0.15, -0.1) is 0 Å². The number of carboxylic acids is 1. The molecule has 1 N–H and O–H groups in total. The highest BCUT2D eigenvalue weighted by Crippen LogP contribution is 2.49. The molecule has 0 radical (unpaired) electrons. The summed E-state index contributed by atoms with van der Waals surface area (Å²) >= 11 is 0. The second kappa shape index (κ2) is 3.82. The summed E-state index contributed by atoms with van der Waals surface area (Å²) in [7, 11) is 0. The van der Waals surface area contributed by atoms with Gasteiger partial charge in [-0.05, 0) is 49.4 Å². The van der Waals surface area contributed by atoms with Crippen molar-refractivity contribution in [3.8, 4) is 0 Å². The number of carboxylic acid groups (broad SMARTS) is 1. The van der Waals surface area contributed by atoms with Crippen LogP contribution in [0.5, 0.6) is 0 Å². The molecule has 1 aliphatic carbocycles. The minimum absolute atomic E-state index is 0.285. The molecule has 0 aliphatic heterocycles. The van der Waals surface area contributed by atoms with Crippen molar-refractivity contribution in [3.05, 3.63) is 34.4 Å². The number of carbonyl (C=O) groups is 1. The number of aryl methyl sites for hydroxylation is 1. The molecule has 4 heteroatoms. The number of aliphatic imine (C=N–C) groups is 1. The van der Waals surface area contributed by atoms with Gasteiger partial charge in [-0.25, -0.2) is 9.59 Å². The highest BCUT2D eigenvalue weighted by Gasteiger charge is 2.45.